The fraction of sp³-hybridized carbons (Fsp3) is 0.219. The second kappa shape index (κ2) is 15.5. The van der Waals surface area contributed by atoms with Crippen molar-refractivity contribution in [2.75, 3.05) is 11.5 Å². The standard InChI is InChI=1S/C32H25F3N10O11S3/c1-31(2,29(55)42-41-23(48)10-3-4-15(46)16(47)5-10)56-43-18(13-9-59-30(36)38-13)24(49)40-19-25(50)44-20(28(53)54)12(8-58-26(19)44)21(57)14-6-17(32(33,34)35)39-22-11(27(51)52)7-37-45(14)22/h3-7,9,19,26,46-47H,8H2,1-2H3,(H2,36,38)(H,40,49)(H,41,48)(H,42,55)(H,51,52)(H,53,54)/t19?,26-/m0/s1. The van der Waals surface area contributed by atoms with E-state index in [1.807, 2.05) is 0 Å². The third kappa shape index (κ3) is 8.01. The number of nitrogens with one attached hydrogen (secondary N) is 3. The molecule has 5 heterocycles. The Morgan fingerprint density at radius 2 is 1.76 bits per heavy atom. The Bertz CT molecular complexity index is 2570. The Labute approximate surface area is 339 Å². The molecule has 59 heavy (non-hydrogen) atoms. The Kier molecular flexibility index (Phi) is 10.9. The van der Waals surface area contributed by atoms with Gasteiger partial charge in [0.15, 0.2) is 28.0 Å². The van der Waals surface area contributed by atoms with Gasteiger partial charge in [0.25, 0.3) is 23.6 Å². The van der Waals surface area contributed by atoms with Gasteiger partial charge in [0, 0.05) is 22.3 Å². The molecule has 4 aromatic rings. The number of halogens is 3. The smallest absolute Gasteiger partial charge is 0.433 e. The molecule has 2 atom stereocenters. The molecule has 1 fully saturated rings. The number of phenols is 2. The SMILES string of the molecule is CC(C)(ON=C(C(=O)NC1C(=O)N2C(C(=O)O)=C(C(=S)c3cc(C(F)(F)F)nc4c(C(=O)O)cnn34)CS[C@@H]12)c1csc(N)n1)C(=O)NNC(=O)c1ccc(O)c(O)c1. The molecule has 1 aromatic carbocycles. The third-order valence-electron chi connectivity index (χ3n) is 8.38. The van der Waals surface area contributed by atoms with Crippen molar-refractivity contribution in [2.24, 2.45) is 5.16 Å². The number of alkyl halides is 3. The number of nitrogens with zero attached hydrogens (tertiary/aromatic N) is 6. The number of oxime groups is 1. The number of thiocarbonyl (C=S) groups is 1. The van der Waals surface area contributed by atoms with E-state index >= 15 is 0 Å². The van der Waals surface area contributed by atoms with Gasteiger partial charge in [-0.2, -0.15) is 18.3 Å². The van der Waals surface area contributed by atoms with Crippen molar-refractivity contribution in [1.29, 1.82) is 0 Å². The number of aromatic hydroxyl groups is 2. The molecule has 0 aliphatic carbocycles. The monoisotopic (exact) mass is 878 g/mol. The van der Waals surface area contributed by atoms with Crippen molar-refractivity contribution in [3.05, 3.63) is 75.3 Å². The number of phenolic OH excluding ortho intramolecular Hbond substituents is 2. The summed E-state index contributed by atoms with van der Waals surface area (Å²) >= 11 is 7.23. The van der Waals surface area contributed by atoms with Crippen molar-refractivity contribution in [1.82, 2.24) is 40.7 Å². The first kappa shape index (κ1) is 41.8. The number of β-lactam (4-membered cyclic amide) rings is 1. The summed E-state index contributed by atoms with van der Waals surface area (Å²) in [5.41, 5.74) is 2.62. The zero-order valence-electron chi connectivity index (χ0n) is 29.6. The molecule has 2 aliphatic heterocycles. The number of hydrogen-bond donors (Lipinski definition) is 8. The Hall–Kier alpha value is -6.87. The largest absolute Gasteiger partial charge is 0.504 e. The number of fused-ring (bicyclic) bond motifs is 2. The van der Waals surface area contributed by atoms with E-state index in [0.29, 0.717) is 10.6 Å². The van der Waals surface area contributed by atoms with Gasteiger partial charge in [-0.1, -0.05) is 17.4 Å². The molecule has 4 amide bonds. The number of hydrazine groups is 1. The van der Waals surface area contributed by atoms with Crippen LogP contribution in [0.3, 0.4) is 0 Å². The number of amides is 4. The molecule has 2 aliphatic rings. The van der Waals surface area contributed by atoms with Gasteiger partial charge in [0.05, 0.1) is 16.8 Å². The first-order chi connectivity index (χ1) is 27.6. The third-order valence-corrected chi connectivity index (χ3v) is 10.8. The first-order valence-corrected chi connectivity index (χ1v) is 18.5. The fourth-order valence-electron chi connectivity index (χ4n) is 5.38. The summed E-state index contributed by atoms with van der Waals surface area (Å²) in [6, 6.07) is 2.20. The number of rotatable bonds is 11. The van der Waals surface area contributed by atoms with Gasteiger partial charge in [-0.3, -0.25) is 34.9 Å². The predicted molar refractivity (Wildman–Crippen MR) is 200 cm³/mol. The lowest BCUT2D eigenvalue weighted by atomic mass is 10.00. The van der Waals surface area contributed by atoms with Crippen molar-refractivity contribution in [3.63, 3.8) is 0 Å². The van der Waals surface area contributed by atoms with Crippen molar-refractivity contribution in [3.8, 4) is 11.5 Å². The molecule has 21 nitrogen and oxygen atoms in total. The molecule has 9 N–H and O–H groups in total. The van der Waals surface area contributed by atoms with E-state index in [9.17, 15) is 62.4 Å². The van der Waals surface area contributed by atoms with Gasteiger partial charge >= 0.3 is 18.1 Å². The summed E-state index contributed by atoms with van der Waals surface area (Å²) in [7, 11) is 0. The number of thiazole rings is 1. The number of aromatic nitrogens is 4. The Morgan fingerprint density at radius 3 is 2.37 bits per heavy atom. The number of aliphatic carboxylic acids is 1. The number of aromatic carboxylic acids is 1. The minimum atomic E-state index is -5.08. The molecule has 0 spiro atoms. The van der Waals surface area contributed by atoms with Crippen LogP contribution in [-0.2, 0) is 30.2 Å². The summed E-state index contributed by atoms with van der Waals surface area (Å²) in [6.07, 6.45) is -4.34. The Morgan fingerprint density at radius 1 is 1.05 bits per heavy atom. The van der Waals surface area contributed by atoms with E-state index in [1.54, 1.807) is 0 Å². The molecule has 1 saturated heterocycles. The van der Waals surface area contributed by atoms with Crippen LogP contribution in [-0.4, -0.2) is 114 Å². The average Bonchev–Trinajstić information content (AvgIpc) is 3.81. The minimum Gasteiger partial charge on any atom is -0.504 e. The van der Waals surface area contributed by atoms with E-state index in [2.05, 4.69) is 36.4 Å². The molecule has 0 radical (unpaired) electrons. The van der Waals surface area contributed by atoms with Crippen molar-refractivity contribution < 1.29 is 67.2 Å². The molecule has 1 unspecified atom stereocenters. The van der Waals surface area contributed by atoms with Gasteiger partial charge in [-0.15, -0.1) is 23.1 Å². The topological polar surface area (TPSA) is 313 Å². The predicted octanol–water partition coefficient (Wildman–Crippen LogP) is 1.01. The molecule has 6 rings (SSSR count). The molecular weight excluding hydrogens is 854 g/mol. The maximum atomic E-state index is 13.9. The van der Waals surface area contributed by atoms with Crippen LogP contribution in [0.5, 0.6) is 11.5 Å². The molecule has 3 aromatic heterocycles. The van der Waals surface area contributed by atoms with E-state index < -0.39 is 109 Å². The molecular formula is C32H25F3N10O11S3. The summed E-state index contributed by atoms with van der Waals surface area (Å²) < 4.78 is 42.3. The van der Waals surface area contributed by atoms with E-state index in [0.717, 1.165) is 52.4 Å². The van der Waals surface area contributed by atoms with Crippen LogP contribution in [0.1, 0.15) is 51.6 Å². The van der Waals surface area contributed by atoms with Crippen LogP contribution in [0.2, 0.25) is 0 Å². The lowest BCUT2D eigenvalue weighted by Crippen LogP contribution is -2.71. The van der Waals surface area contributed by atoms with E-state index in [4.69, 9.17) is 22.8 Å². The molecule has 0 saturated carbocycles. The number of carboxylic acid groups (broad SMARTS) is 2. The number of nitrogen functional groups attached to an aromatic ring is 1. The Balaban J connectivity index is 1.22. The second-order valence-corrected chi connectivity index (χ2v) is 15.1. The van der Waals surface area contributed by atoms with Gasteiger partial charge in [-0.05, 0) is 38.1 Å². The van der Waals surface area contributed by atoms with Crippen molar-refractivity contribution in [2.45, 2.75) is 37.0 Å². The number of benzene rings is 1. The fourth-order valence-corrected chi connectivity index (χ4v) is 7.69. The zero-order valence-corrected chi connectivity index (χ0v) is 32.0. The number of carbonyl (C=O) groups excluding carboxylic acids is 4. The van der Waals surface area contributed by atoms with Crippen LogP contribution in [0.4, 0.5) is 18.3 Å². The van der Waals surface area contributed by atoms with Gasteiger partial charge in [0.2, 0.25) is 5.60 Å². The van der Waals surface area contributed by atoms with Crippen LogP contribution in [0.25, 0.3) is 5.65 Å². The number of carbonyl (C=O) groups is 6. The molecule has 27 heteroatoms. The number of carboxylic acids is 2. The normalized spacial score (nSPS) is 16.9. The highest BCUT2D eigenvalue weighted by molar-refractivity contribution is 8.00. The highest BCUT2D eigenvalue weighted by Gasteiger charge is 2.55. The van der Waals surface area contributed by atoms with Crippen LogP contribution in [0.15, 0.2) is 52.3 Å². The van der Waals surface area contributed by atoms with Gasteiger partial charge in [-0.25, -0.2) is 24.1 Å². The summed E-state index contributed by atoms with van der Waals surface area (Å²) in [5.74, 6) is -8.71. The maximum Gasteiger partial charge on any atom is 0.433 e. The average molecular weight is 879 g/mol. The van der Waals surface area contributed by atoms with Crippen molar-refractivity contribution >= 4 is 92.2 Å². The summed E-state index contributed by atoms with van der Waals surface area (Å²) in [4.78, 5) is 90.0. The number of nitrogens with two attached hydrogens (primary N) is 1. The summed E-state index contributed by atoms with van der Waals surface area (Å²) in [6.45, 7) is 2.42. The van der Waals surface area contributed by atoms with Crippen LogP contribution < -0.4 is 21.9 Å². The quantitative estimate of drug-likeness (QED) is 0.0260. The van der Waals surface area contributed by atoms with E-state index in [1.165, 1.54) is 19.2 Å². The van der Waals surface area contributed by atoms with E-state index in [-0.39, 0.29) is 27.7 Å². The van der Waals surface area contributed by atoms with Crippen LogP contribution >= 0.6 is 35.3 Å². The molecule has 0 bridgehead atoms. The number of thioether (sulfide) groups is 1. The number of anilines is 1. The summed E-state index contributed by atoms with van der Waals surface area (Å²) in [5, 5.41) is 49.0. The zero-order chi connectivity index (χ0) is 43.3. The lowest BCUT2D eigenvalue weighted by Gasteiger charge is -2.49. The maximum absolute atomic E-state index is 13.9. The molecule has 308 valence electrons. The van der Waals surface area contributed by atoms with Gasteiger partial charge < -0.3 is 36.3 Å². The van der Waals surface area contributed by atoms with Gasteiger partial charge in [0.1, 0.15) is 34.1 Å². The highest BCUT2D eigenvalue weighted by Crippen LogP contribution is 2.42. The lowest BCUT2D eigenvalue weighted by molar-refractivity contribution is -0.150. The second-order valence-electron chi connectivity index (χ2n) is 12.7. The first-order valence-electron chi connectivity index (χ1n) is 16.2. The minimum absolute atomic E-state index is 0.0166. The highest BCUT2D eigenvalue weighted by atomic mass is 32.2. The number of hydrogen-bond acceptors (Lipinski definition) is 17. The van der Waals surface area contributed by atoms with Crippen LogP contribution in [0, 0.1) is 0 Å².